The predicted molar refractivity (Wildman–Crippen MR) is 84.3 cm³/mol. The summed E-state index contributed by atoms with van der Waals surface area (Å²) in [6.45, 7) is 3.27. The van der Waals surface area contributed by atoms with E-state index in [9.17, 15) is 8.42 Å². The molecule has 3 rings (SSSR count). The van der Waals surface area contributed by atoms with E-state index in [1.807, 2.05) is 0 Å². The van der Waals surface area contributed by atoms with Gasteiger partial charge in [0, 0.05) is 29.8 Å². The van der Waals surface area contributed by atoms with Crippen molar-refractivity contribution >= 4 is 31.8 Å². The van der Waals surface area contributed by atoms with Gasteiger partial charge in [-0.15, -0.1) is 0 Å². The Morgan fingerprint density at radius 3 is 2.71 bits per heavy atom. The number of pyridine rings is 1. The van der Waals surface area contributed by atoms with Crippen LogP contribution in [0.15, 0.2) is 21.6 Å². The molecule has 6 nitrogen and oxygen atoms in total. The lowest BCUT2D eigenvalue weighted by atomic mass is 10.2. The SMILES string of the molecule is Nc1ncc(Br)cc1S(=O)(=O)N1CCC(N2CCCC2)C1. The molecule has 2 aliphatic heterocycles. The van der Waals surface area contributed by atoms with Crippen molar-refractivity contribution in [2.45, 2.75) is 30.2 Å². The third-order valence-electron chi connectivity index (χ3n) is 4.25. The molecule has 8 heteroatoms. The van der Waals surface area contributed by atoms with E-state index in [0.717, 1.165) is 19.5 Å². The van der Waals surface area contributed by atoms with E-state index >= 15 is 0 Å². The summed E-state index contributed by atoms with van der Waals surface area (Å²) in [4.78, 5) is 6.42. The van der Waals surface area contributed by atoms with Crippen molar-refractivity contribution in [3.63, 3.8) is 0 Å². The topological polar surface area (TPSA) is 79.5 Å². The molecule has 0 bridgehead atoms. The van der Waals surface area contributed by atoms with Crippen LogP contribution in [-0.4, -0.2) is 54.8 Å². The van der Waals surface area contributed by atoms with E-state index in [1.54, 1.807) is 0 Å². The number of aromatic nitrogens is 1. The van der Waals surface area contributed by atoms with E-state index in [-0.39, 0.29) is 10.7 Å². The molecule has 2 N–H and O–H groups in total. The highest BCUT2D eigenvalue weighted by atomic mass is 79.9. The van der Waals surface area contributed by atoms with Crippen molar-refractivity contribution < 1.29 is 8.42 Å². The minimum Gasteiger partial charge on any atom is -0.383 e. The van der Waals surface area contributed by atoms with Crippen LogP contribution in [0.5, 0.6) is 0 Å². The monoisotopic (exact) mass is 374 g/mol. The molecule has 21 heavy (non-hydrogen) atoms. The number of hydrogen-bond acceptors (Lipinski definition) is 5. The number of sulfonamides is 1. The molecule has 3 heterocycles. The first kappa shape index (κ1) is 15.2. The van der Waals surface area contributed by atoms with Gasteiger partial charge in [-0.3, -0.25) is 4.90 Å². The van der Waals surface area contributed by atoms with E-state index in [2.05, 4.69) is 25.8 Å². The Labute approximate surface area is 133 Å². The summed E-state index contributed by atoms with van der Waals surface area (Å²) in [6, 6.07) is 1.87. The second-order valence-electron chi connectivity index (χ2n) is 5.59. The van der Waals surface area contributed by atoms with Crippen LogP contribution in [0.4, 0.5) is 5.82 Å². The molecule has 0 spiro atoms. The molecule has 0 aromatic carbocycles. The molecular formula is C13H19BrN4O2S. The average Bonchev–Trinajstić information content (AvgIpc) is 3.11. The average molecular weight is 375 g/mol. The van der Waals surface area contributed by atoms with Crippen molar-refractivity contribution in [1.82, 2.24) is 14.2 Å². The van der Waals surface area contributed by atoms with Gasteiger partial charge in [0.1, 0.15) is 10.7 Å². The molecule has 0 aliphatic carbocycles. The van der Waals surface area contributed by atoms with Crippen LogP contribution in [0.3, 0.4) is 0 Å². The minimum absolute atomic E-state index is 0.0582. The van der Waals surface area contributed by atoms with Crippen LogP contribution >= 0.6 is 15.9 Å². The molecule has 1 aromatic heterocycles. The lowest BCUT2D eigenvalue weighted by Gasteiger charge is -2.23. The molecule has 0 amide bonds. The summed E-state index contributed by atoms with van der Waals surface area (Å²) in [6.07, 6.45) is 4.82. The molecule has 2 saturated heterocycles. The van der Waals surface area contributed by atoms with Gasteiger partial charge in [-0.1, -0.05) is 0 Å². The Bertz CT molecular complexity index is 631. The first-order valence-electron chi connectivity index (χ1n) is 7.14. The number of halogens is 1. The van der Waals surface area contributed by atoms with Crippen LogP contribution in [0.25, 0.3) is 0 Å². The zero-order chi connectivity index (χ0) is 15.0. The smallest absolute Gasteiger partial charge is 0.246 e. The number of likely N-dealkylation sites (tertiary alicyclic amines) is 1. The summed E-state index contributed by atoms with van der Waals surface area (Å²) in [5, 5.41) is 0. The van der Waals surface area contributed by atoms with Gasteiger partial charge in [0.05, 0.1) is 0 Å². The van der Waals surface area contributed by atoms with Crippen molar-refractivity contribution in [1.29, 1.82) is 0 Å². The van der Waals surface area contributed by atoms with E-state index in [4.69, 9.17) is 5.73 Å². The number of nitrogens with two attached hydrogens (primary N) is 1. The molecule has 0 saturated carbocycles. The summed E-state index contributed by atoms with van der Waals surface area (Å²) < 4.78 is 27.6. The highest BCUT2D eigenvalue weighted by molar-refractivity contribution is 9.10. The number of nitrogen functional groups attached to an aromatic ring is 1. The van der Waals surface area contributed by atoms with Gasteiger partial charge < -0.3 is 5.73 Å². The van der Waals surface area contributed by atoms with Gasteiger partial charge in [-0.05, 0) is 54.3 Å². The predicted octanol–water partition coefficient (Wildman–Crippen LogP) is 1.29. The normalized spacial score (nSPS) is 24.7. The molecule has 1 unspecified atom stereocenters. The molecular weight excluding hydrogens is 356 g/mol. The molecule has 1 atom stereocenters. The highest BCUT2D eigenvalue weighted by Crippen LogP contribution is 2.29. The van der Waals surface area contributed by atoms with E-state index in [1.165, 1.54) is 29.4 Å². The fraction of sp³-hybridized carbons (Fsp3) is 0.615. The quantitative estimate of drug-likeness (QED) is 0.861. The Kier molecular flexibility index (Phi) is 4.22. The second kappa shape index (κ2) is 5.83. The molecule has 116 valence electrons. The number of hydrogen-bond donors (Lipinski definition) is 1. The number of rotatable bonds is 3. The number of anilines is 1. The maximum atomic E-state index is 12.7. The first-order valence-corrected chi connectivity index (χ1v) is 9.37. The maximum absolute atomic E-state index is 12.7. The lowest BCUT2D eigenvalue weighted by Crippen LogP contribution is -2.37. The van der Waals surface area contributed by atoms with Gasteiger partial charge in [-0.25, -0.2) is 13.4 Å². The summed E-state index contributed by atoms with van der Waals surface area (Å²) in [7, 11) is -3.57. The van der Waals surface area contributed by atoms with Gasteiger partial charge in [-0.2, -0.15) is 4.31 Å². The zero-order valence-corrected chi connectivity index (χ0v) is 14.1. The zero-order valence-electron chi connectivity index (χ0n) is 11.7. The molecule has 0 radical (unpaired) electrons. The molecule has 2 fully saturated rings. The minimum atomic E-state index is -3.57. The Hall–Kier alpha value is -0.700. The van der Waals surface area contributed by atoms with Crippen molar-refractivity contribution in [3.05, 3.63) is 16.7 Å². The summed E-state index contributed by atoms with van der Waals surface area (Å²) in [5.74, 6) is 0.0582. The summed E-state index contributed by atoms with van der Waals surface area (Å²) in [5.41, 5.74) is 5.75. The summed E-state index contributed by atoms with van der Waals surface area (Å²) >= 11 is 3.25. The van der Waals surface area contributed by atoms with Crippen LogP contribution in [0.2, 0.25) is 0 Å². The third-order valence-corrected chi connectivity index (χ3v) is 6.58. The second-order valence-corrected chi connectivity index (χ2v) is 8.41. The van der Waals surface area contributed by atoms with Crippen LogP contribution in [0.1, 0.15) is 19.3 Å². The van der Waals surface area contributed by atoms with Crippen molar-refractivity contribution in [2.24, 2.45) is 0 Å². The van der Waals surface area contributed by atoms with Crippen molar-refractivity contribution in [2.75, 3.05) is 31.9 Å². The maximum Gasteiger partial charge on any atom is 0.246 e. The van der Waals surface area contributed by atoms with E-state index < -0.39 is 10.0 Å². The molecule has 2 aliphatic rings. The fourth-order valence-corrected chi connectivity index (χ4v) is 5.18. The van der Waals surface area contributed by atoms with Crippen LogP contribution in [-0.2, 0) is 10.0 Å². The third kappa shape index (κ3) is 2.94. The Morgan fingerprint density at radius 2 is 2.00 bits per heavy atom. The Morgan fingerprint density at radius 1 is 1.29 bits per heavy atom. The fourth-order valence-electron chi connectivity index (χ4n) is 3.11. The highest BCUT2D eigenvalue weighted by Gasteiger charge is 2.37. The van der Waals surface area contributed by atoms with E-state index in [0.29, 0.717) is 23.6 Å². The Balaban J connectivity index is 1.81. The van der Waals surface area contributed by atoms with Crippen LogP contribution in [0, 0.1) is 0 Å². The number of nitrogens with zero attached hydrogens (tertiary/aromatic N) is 3. The van der Waals surface area contributed by atoms with Gasteiger partial charge >= 0.3 is 0 Å². The van der Waals surface area contributed by atoms with Crippen molar-refractivity contribution in [3.8, 4) is 0 Å². The standard InChI is InChI=1S/C13H19BrN4O2S/c14-10-7-12(13(15)16-8-10)21(19,20)18-6-3-11(9-18)17-4-1-2-5-17/h7-8,11H,1-6,9H2,(H2,15,16). The van der Waals surface area contributed by atoms with Gasteiger partial charge in [0.2, 0.25) is 10.0 Å². The van der Waals surface area contributed by atoms with Gasteiger partial charge in [0.15, 0.2) is 0 Å². The van der Waals surface area contributed by atoms with Crippen LogP contribution < -0.4 is 5.73 Å². The largest absolute Gasteiger partial charge is 0.383 e. The molecule has 1 aromatic rings. The first-order chi connectivity index (χ1) is 9.98. The lowest BCUT2D eigenvalue weighted by molar-refractivity contribution is 0.251. The van der Waals surface area contributed by atoms with Gasteiger partial charge in [0.25, 0.3) is 0 Å².